The number of fused-ring (bicyclic) bond motifs is 1. The predicted octanol–water partition coefficient (Wildman–Crippen LogP) is 4.02. The summed E-state index contributed by atoms with van der Waals surface area (Å²) in [7, 11) is 0. The first-order chi connectivity index (χ1) is 18.1. The van der Waals surface area contributed by atoms with E-state index in [1.165, 1.54) is 6.26 Å². The number of ether oxygens (including phenoxy) is 3. The van der Waals surface area contributed by atoms with Crippen LogP contribution < -0.4 is 9.47 Å². The molecule has 0 atom stereocenters. The summed E-state index contributed by atoms with van der Waals surface area (Å²) in [5.74, 6) is 1.46. The van der Waals surface area contributed by atoms with Crippen LogP contribution in [-0.2, 0) is 29.2 Å². The maximum atomic E-state index is 13.0. The number of aromatic nitrogens is 1. The quantitative estimate of drug-likeness (QED) is 0.403. The van der Waals surface area contributed by atoms with Crippen LogP contribution in [0.4, 0.5) is 0 Å². The van der Waals surface area contributed by atoms with Gasteiger partial charge in [-0.1, -0.05) is 36.4 Å². The molecule has 37 heavy (non-hydrogen) atoms. The van der Waals surface area contributed by atoms with Gasteiger partial charge in [-0.25, -0.2) is 4.98 Å². The van der Waals surface area contributed by atoms with E-state index in [1.807, 2.05) is 36.4 Å². The molecular weight excluding hydrogens is 474 g/mol. The van der Waals surface area contributed by atoms with Crippen LogP contribution in [0.5, 0.6) is 11.5 Å². The summed E-state index contributed by atoms with van der Waals surface area (Å²) in [5.41, 5.74) is 2.52. The molecule has 2 aromatic carbocycles. The summed E-state index contributed by atoms with van der Waals surface area (Å²) >= 11 is 0. The van der Waals surface area contributed by atoms with Gasteiger partial charge in [-0.2, -0.15) is 0 Å². The smallest absolute Gasteiger partial charge is 0.309 e. The van der Waals surface area contributed by atoms with E-state index >= 15 is 0 Å². The van der Waals surface area contributed by atoms with Gasteiger partial charge in [-0.15, -0.1) is 0 Å². The van der Waals surface area contributed by atoms with Crippen molar-refractivity contribution in [1.29, 1.82) is 0 Å². The van der Waals surface area contributed by atoms with Crippen molar-refractivity contribution in [2.75, 3.05) is 26.5 Å². The molecule has 1 amide bonds. The molecule has 194 valence electrons. The maximum Gasteiger partial charge on any atom is 0.309 e. The largest absolute Gasteiger partial charge is 0.466 e. The van der Waals surface area contributed by atoms with Crippen LogP contribution in [0.1, 0.15) is 47.3 Å². The van der Waals surface area contributed by atoms with Crippen LogP contribution in [0.3, 0.4) is 0 Å². The molecule has 0 aliphatic carbocycles. The van der Waals surface area contributed by atoms with E-state index in [9.17, 15) is 9.59 Å². The Balaban J connectivity index is 1.24. The van der Waals surface area contributed by atoms with Crippen LogP contribution in [-0.4, -0.2) is 53.1 Å². The highest BCUT2D eigenvalue weighted by atomic mass is 16.7. The SMILES string of the molecule is CCOC(=O)C1CCN(C(=O)c2coc(CN(Cc3ccccc3)Cc3ccc4c(c3)OCO4)n2)CC1. The van der Waals surface area contributed by atoms with Crippen molar-refractivity contribution < 1.29 is 28.2 Å². The second kappa shape index (κ2) is 11.5. The van der Waals surface area contributed by atoms with Crippen molar-refractivity contribution in [2.45, 2.75) is 39.4 Å². The van der Waals surface area contributed by atoms with Crippen LogP contribution in [0.2, 0.25) is 0 Å². The lowest BCUT2D eigenvalue weighted by molar-refractivity contribution is -0.149. The molecule has 3 heterocycles. The number of nitrogens with zero attached hydrogens (tertiary/aromatic N) is 3. The Morgan fingerprint density at radius 1 is 1.00 bits per heavy atom. The fourth-order valence-electron chi connectivity index (χ4n) is 4.72. The number of carbonyl (C=O) groups excluding carboxylic acids is 2. The first kappa shape index (κ1) is 24.8. The van der Waals surface area contributed by atoms with Crippen molar-refractivity contribution in [3.05, 3.63) is 77.5 Å². The summed E-state index contributed by atoms with van der Waals surface area (Å²) < 4.78 is 21.8. The molecule has 0 radical (unpaired) electrons. The molecule has 0 N–H and O–H groups in total. The Hall–Kier alpha value is -3.85. The molecule has 3 aromatic rings. The van der Waals surface area contributed by atoms with E-state index < -0.39 is 0 Å². The van der Waals surface area contributed by atoms with Gasteiger partial charge in [0.05, 0.1) is 19.1 Å². The van der Waals surface area contributed by atoms with Gasteiger partial charge in [0.1, 0.15) is 6.26 Å². The summed E-state index contributed by atoms with van der Waals surface area (Å²) in [6.45, 7) is 5.15. The lowest BCUT2D eigenvalue weighted by Crippen LogP contribution is -2.40. The second-order valence-electron chi connectivity index (χ2n) is 9.26. The number of hydrogen-bond donors (Lipinski definition) is 0. The van der Waals surface area contributed by atoms with Crippen LogP contribution >= 0.6 is 0 Å². The Labute approximate surface area is 215 Å². The normalized spacial score (nSPS) is 15.2. The van der Waals surface area contributed by atoms with Gasteiger partial charge in [0, 0.05) is 26.2 Å². The standard InChI is InChI=1S/C28H31N3O6/c1-2-34-28(33)22-10-12-31(13-11-22)27(32)23-18-35-26(29-23)17-30(15-20-6-4-3-5-7-20)16-21-8-9-24-25(14-21)37-19-36-24/h3-9,14,18,22H,2,10-13,15-17,19H2,1H3. The Kier molecular flexibility index (Phi) is 7.70. The third-order valence-electron chi connectivity index (χ3n) is 6.62. The summed E-state index contributed by atoms with van der Waals surface area (Å²) in [6.07, 6.45) is 2.61. The van der Waals surface area contributed by atoms with Crippen LogP contribution in [0.25, 0.3) is 0 Å². The second-order valence-corrected chi connectivity index (χ2v) is 9.26. The molecule has 5 rings (SSSR count). The lowest BCUT2D eigenvalue weighted by Gasteiger charge is -2.30. The van der Waals surface area contributed by atoms with Gasteiger partial charge in [-0.3, -0.25) is 14.5 Å². The lowest BCUT2D eigenvalue weighted by atomic mass is 9.97. The third-order valence-corrected chi connectivity index (χ3v) is 6.62. The number of esters is 1. The highest BCUT2D eigenvalue weighted by molar-refractivity contribution is 5.92. The van der Waals surface area contributed by atoms with E-state index in [4.69, 9.17) is 18.6 Å². The third kappa shape index (κ3) is 6.11. The number of hydrogen-bond acceptors (Lipinski definition) is 8. The number of oxazole rings is 1. The molecule has 9 heteroatoms. The number of carbonyl (C=O) groups is 2. The Bertz CT molecular complexity index is 1220. The van der Waals surface area contributed by atoms with E-state index in [-0.39, 0.29) is 30.3 Å². The van der Waals surface area contributed by atoms with Crippen molar-refractivity contribution in [3.63, 3.8) is 0 Å². The van der Waals surface area contributed by atoms with Gasteiger partial charge in [0.2, 0.25) is 12.7 Å². The minimum absolute atomic E-state index is 0.153. The summed E-state index contributed by atoms with van der Waals surface area (Å²) in [6, 6.07) is 16.1. The number of amides is 1. The van der Waals surface area contributed by atoms with Crippen LogP contribution in [0, 0.1) is 5.92 Å². The number of benzene rings is 2. The van der Waals surface area contributed by atoms with E-state index in [0.29, 0.717) is 58.1 Å². The fraction of sp³-hybridized carbons (Fsp3) is 0.393. The van der Waals surface area contributed by atoms with E-state index in [2.05, 4.69) is 22.0 Å². The molecule has 1 aromatic heterocycles. The molecule has 0 bridgehead atoms. The number of likely N-dealkylation sites (tertiary alicyclic amines) is 1. The minimum Gasteiger partial charge on any atom is -0.466 e. The highest BCUT2D eigenvalue weighted by Gasteiger charge is 2.30. The zero-order valence-electron chi connectivity index (χ0n) is 20.9. The van der Waals surface area contributed by atoms with Gasteiger partial charge in [0.25, 0.3) is 5.91 Å². The van der Waals surface area contributed by atoms with Crippen LogP contribution in [0.15, 0.2) is 59.2 Å². The zero-order chi connectivity index (χ0) is 25.6. The zero-order valence-corrected chi connectivity index (χ0v) is 20.9. The molecule has 1 saturated heterocycles. The molecule has 0 saturated carbocycles. The average Bonchev–Trinajstić information content (AvgIpc) is 3.58. The van der Waals surface area contributed by atoms with E-state index in [1.54, 1.807) is 11.8 Å². The van der Waals surface area contributed by atoms with Gasteiger partial charge in [-0.05, 0) is 43.0 Å². The van der Waals surface area contributed by atoms with Gasteiger partial charge in [0.15, 0.2) is 17.2 Å². The van der Waals surface area contributed by atoms with Crippen molar-refractivity contribution >= 4 is 11.9 Å². The average molecular weight is 506 g/mol. The number of piperidine rings is 1. The van der Waals surface area contributed by atoms with Crippen molar-refractivity contribution in [1.82, 2.24) is 14.8 Å². The molecule has 0 unspecified atom stereocenters. The van der Waals surface area contributed by atoms with Crippen molar-refractivity contribution in [3.8, 4) is 11.5 Å². The van der Waals surface area contributed by atoms with Gasteiger partial charge < -0.3 is 23.5 Å². The topological polar surface area (TPSA) is 94.3 Å². The highest BCUT2D eigenvalue weighted by Crippen LogP contribution is 2.33. The number of rotatable bonds is 9. The molecule has 2 aliphatic rings. The summed E-state index contributed by atoms with van der Waals surface area (Å²) in [4.78, 5) is 33.5. The monoisotopic (exact) mass is 505 g/mol. The minimum atomic E-state index is -0.181. The predicted molar refractivity (Wildman–Crippen MR) is 134 cm³/mol. The maximum absolute atomic E-state index is 13.0. The van der Waals surface area contributed by atoms with Crippen molar-refractivity contribution in [2.24, 2.45) is 5.92 Å². The summed E-state index contributed by atoms with van der Waals surface area (Å²) in [5, 5.41) is 0. The molecule has 2 aliphatic heterocycles. The molecule has 9 nitrogen and oxygen atoms in total. The molecule has 1 fully saturated rings. The molecular formula is C28H31N3O6. The van der Waals surface area contributed by atoms with Gasteiger partial charge >= 0.3 is 5.97 Å². The van der Waals surface area contributed by atoms with E-state index in [0.717, 1.165) is 22.6 Å². The first-order valence-corrected chi connectivity index (χ1v) is 12.6. The Morgan fingerprint density at radius 3 is 2.54 bits per heavy atom. The molecule has 0 spiro atoms. The Morgan fingerprint density at radius 2 is 1.76 bits per heavy atom. The fourth-order valence-corrected chi connectivity index (χ4v) is 4.72. The first-order valence-electron chi connectivity index (χ1n) is 12.6.